The van der Waals surface area contributed by atoms with E-state index in [-0.39, 0.29) is 17.7 Å². The summed E-state index contributed by atoms with van der Waals surface area (Å²) < 4.78 is 6.09. The Kier molecular flexibility index (Phi) is 7.77. The van der Waals surface area contributed by atoms with Crippen LogP contribution in [-0.2, 0) is 4.79 Å². The minimum absolute atomic E-state index is 0.181. The number of benzene rings is 2. The molecule has 7 heteroatoms. The molecule has 1 fully saturated rings. The van der Waals surface area contributed by atoms with E-state index in [0.29, 0.717) is 11.3 Å². The lowest BCUT2D eigenvalue weighted by atomic mass is 10.1. The van der Waals surface area contributed by atoms with Gasteiger partial charge < -0.3 is 20.3 Å². The van der Waals surface area contributed by atoms with Gasteiger partial charge >= 0.3 is 0 Å². The van der Waals surface area contributed by atoms with Gasteiger partial charge in [-0.05, 0) is 80.7 Å². The number of rotatable bonds is 7. The van der Waals surface area contributed by atoms with Gasteiger partial charge in [-0.2, -0.15) is 0 Å². The van der Waals surface area contributed by atoms with Gasteiger partial charge in [0.05, 0.1) is 0 Å². The molecule has 3 aromatic rings. The van der Waals surface area contributed by atoms with E-state index in [1.807, 2.05) is 60.8 Å². The van der Waals surface area contributed by atoms with Crippen LogP contribution in [0.3, 0.4) is 0 Å². The molecule has 0 aliphatic carbocycles. The fourth-order valence-corrected chi connectivity index (χ4v) is 4.42. The van der Waals surface area contributed by atoms with E-state index in [2.05, 4.69) is 22.6 Å². The molecule has 34 heavy (non-hydrogen) atoms. The van der Waals surface area contributed by atoms with Gasteiger partial charge in [0.2, 0.25) is 0 Å². The van der Waals surface area contributed by atoms with Crippen molar-refractivity contribution < 1.29 is 14.3 Å². The number of nitrogens with zero attached hydrogens (tertiary/aromatic N) is 1. The Morgan fingerprint density at radius 3 is 2.50 bits per heavy atom. The fraction of sp³-hybridized carbons (Fsp3) is 0.259. The topological polar surface area (TPSA) is 70.7 Å². The normalized spacial score (nSPS) is 15.1. The molecule has 2 aromatic carbocycles. The summed E-state index contributed by atoms with van der Waals surface area (Å²) in [6, 6.07) is 18.4. The number of thiophene rings is 1. The zero-order valence-electron chi connectivity index (χ0n) is 19.4. The van der Waals surface area contributed by atoms with Crippen LogP contribution in [0, 0.1) is 6.92 Å². The number of carbonyl (C=O) groups is 2. The third kappa shape index (κ3) is 6.56. The molecule has 4 rings (SSSR count). The van der Waals surface area contributed by atoms with Crippen LogP contribution >= 0.6 is 11.3 Å². The molecule has 0 spiro atoms. The molecule has 0 unspecified atom stereocenters. The smallest absolute Gasteiger partial charge is 0.272 e. The van der Waals surface area contributed by atoms with E-state index in [1.54, 1.807) is 18.2 Å². The number of hydrogen-bond acceptors (Lipinski definition) is 5. The Hall–Kier alpha value is -3.42. The van der Waals surface area contributed by atoms with Crippen molar-refractivity contribution in [2.75, 3.05) is 25.5 Å². The highest BCUT2D eigenvalue weighted by atomic mass is 32.1. The predicted molar refractivity (Wildman–Crippen MR) is 137 cm³/mol. The molecule has 2 heterocycles. The quantitative estimate of drug-likeness (QED) is 0.475. The second-order valence-corrected chi connectivity index (χ2v) is 9.48. The first-order valence-electron chi connectivity index (χ1n) is 11.4. The zero-order valence-corrected chi connectivity index (χ0v) is 20.2. The Labute approximate surface area is 204 Å². The van der Waals surface area contributed by atoms with Gasteiger partial charge in [0.1, 0.15) is 17.6 Å². The predicted octanol–water partition coefficient (Wildman–Crippen LogP) is 4.94. The van der Waals surface area contributed by atoms with E-state index in [4.69, 9.17) is 4.74 Å². The maximum Gasteiger partial charge on any atom is 0.272 e. The van der Waals surface area contributed by atoms with Crippen molar-refractivity contribution in [3.8, 4) is 5.75 Å². The molecule has 176 valence electrons. The monoisotopic (exact) mass is 475 g/mol. The minimum Gasteiger partial charge on any atom is -0.490 e. The highest BCUT2D eigenvalue weighted by Crippen LogP contribution is 2.21. The van der Waals surface area contributed by atoms with E-state index >= 15 is 0 Å². The third-order valence-electron chi connectivity index (χ3n) is 5.68. The summed E-state index contributed by atoms with van der Waals surface area (Å²) in [6.45, 7) is 3.99. The summed E-state index contributed by atoms with van der Waals surface area (Å²) in [5.74, 6) is 0.0663. The summed E-state index contributed by atoms with van der Waals surface area (Å²) in [5, 5.41) is 7.58. The number of aryl methyl sites for hydroxylation is 1. The van der Waals surface area contributed by atoms with Crippen molar-refractivity contribution in [1.82, 2.24) is 10.2 Å². The van der Waals surface area contributed by atoms with Crippen molar-refractivity contribution in [3.63, 3.8) is 0 Å². The number of likely N-dealkylation sites (tertiary alicyclic amines) is 1. The summed E-state index contributed by atoms with van der Waals surface area (Å²) >= 11 is 1.49. The van der Waals surface area contributed by atoms with Crippen LogP contribution in [0.25, 0.3) is 6.08 Å². The van der Waals surface area contributed by atoms with Crippen LogP contribution in [0.15, 0.2) is 71.7 Å². The van der Waals surface area contributed by atoms with Gasteiger partial charge in [0, 0.05) is 29.2 Å². The molecule has 0 saturated carbocycles. The molecule has 0 atom stereocenters. The van der Waals surface area contributed by atoms with Gasteiger partial charge in [-0.1, -0.05) is 23.8 Å². The number of piperidine rings is 1. The molecule has 0 radical (unpaired) electrons. The Morgan fingerprint density at radius 2 is 1.82 bits per heavy atom. The SMILES string of the molecule is Cc1cccc(C(=O)N/C(=C\c2cccs2)C(=O)Nc2ccc(OC3CCN(C)CC3)cc2)c1. The Balaban J connectivity index is 1.43. The average Bonchev–Trinajstić information content (AvgIpc) is 3.34. The van der Waals surface area contributed by atoms with Crippen LogP contribution in [0.2, 0.25) is 0 Å². The second-order valence-electron chi connectivity index (χ2n) is 8.50. The van der Waals surface area contributed by atoms with Gasteiger partial charge in [-0.15, -0.1) is 11.3 Å². The molecule has 6 nitrogen and oxygen atoms in total. The minimum atomic E-state index is -0.390. The number of carbonyl (C=O) groups excluding carboxylic acids is 2. The van der Waals surface area contributed by atoms with Gasteiger partial charge in [0.15, 0.2) is 0 Å². The summed E-state index contributed by atoms with van der Waals surface area (Å²) in [7, 11) is 2.12. The maximum absolute atomic E-state index is 13.1. The van der Waals surface area contributed by atoms with Crippen molar-refractivity contribution in [1.29, 1.82) is 0 Å². The lowest BCUT2D eigenvalue weighted by molar-refractivity contribution is -0.113. The van der Waals surface area contributed by atoms with Crippen LogP contribution < -0.4 is 15.4 Å². The standard InChI is InChI=1S/C27H29N3O3S/c1-19-5-3-6-20(17-19)26(31)29-25(18-24-7-4-16-34-24)27(32)28-21-8-10-22(11-9-21)33-23-12-14-30(2)15-13-23/h3-11,16-18,23H,12-15H2,1-2H3,(H,28,32)(H,29,31)/b25-18-. The third-order valence-corrected chi connectivity index (χ3v) is 6.50. The highest BCUT2D eigenvalue weighted by Gasteiger charge is 2.18. The molecule has 1 aliphatic heterocycles. The maximum atomic E-state index is 13.1. The Bertz CT molecular complexity index is 1150. The number of ether oxygens (including phenoxy) is 1. The fourth-order valence-electron chi connectivity index (χ4n) is 3.77. The van der Waals surface area contributed by atoms with E-state index in [1.165, 1.54) is 11.3 Å². The van der Waals surface area contributed by atoms with E-state index < -0.39 is 5.91 Å². The lowest BCUT2D eigenvalue weighted by Gasteiger charge is -2.29. The van der Waals surface area contributed by atoms with Crippen LogP contribution in [0.4, 0.5) is 5.69 Å². The summed E-state index contributed by atoms with van der Waals surface area (Å²) in [6.07, 6.45) is 3.92. The van der Waals surface area contributed by atoms with Crippen molar-refractivity contribution >= 4 is 34.9 Å². The molecule has 2 amide bonds. The summed E-state index contributed by atoms with van der Waals surface area (Å²) in [5.41, 5.74) is 2.28. The molecule has 0 bridgehead atoms. The molecule has 1 saturated heterocycles. The molecular formula is C27H29N3O3S. The number of nitrogens with one attached hydrogen (secondary N) is 2. The van der Waals surface area contributed by atoms with Gasteiger partial charge in [-0.3, -0.25) is 9.59 Å². The van der Waals surface area contributed by atoms with Gasteiger partial charge in [-0.25, -0.2) is 0 Å². The first kappa shape index (κ1) is 23.7. The van der Waals surface area contributed by atoms with Crippen molar-refractivity contribution in [2.45, 2.75) is 25.9 Å². The van der Waals surface area contributed by atoms with Crippen LogP contribution in [-0.4, -0.2) is 43.0 Å². The lowest BCUT2D eigenvalue weighted by Crippen LogP contribution is -2.35. The first-order chi connectivity index (χ1) is 16.5. The molecule has 1 aromatic heterocycles. The first-order valence-corrected chi connectivity index (χ1v) is 12.2. The van der Waals surface area contributed by atoms with Crippen molar-refractivity contribution in [2.24, 2.45) is 0 Å². The largest absolute Gasteiger partial charge is 0.490 e. The summed E-state index contributed by atoms with van der Waals surface area (Å²) in [4.78, 5) is 29.1. The number of hydrogen-bond donors (Lipinski definition) is 2. The highest BCUT2D eigenvalue weighted by molar-refractivity contribution is 7.10. The number of amides is 2. The zero-order chi connectivity index (χ0) is 23.9. The van der Waals surface area contributed by atoms with Crippen LogP contribution in [0.5, 0.6) is 5.75 Å². The average molecular weight is 476 g/mol. The van der Waals surface area contributed by atoms with Crippen LogP contribution in [0.1, 0.15) is 33.6 Å². The van der Waals surface area contributed by atoms with E-state index in [0.717, 1.165) is 42.1 Å². The van der Waals surface area contributed by atoms with E-state index in [9.17, 15) is 9.59 Å². The molecular weight excluding hydrogens is 446 g/mol. The molecule has 2 N–H and O–H groups in total. The molecule has 1 aliphatic rings. The Morgan fingerprint density at radius 1 is 1.06 bits per heavy atom. The second kappa shape index (κ2) is 11.1. The van der Waals surface area contributed by atoms with Crippen molar-refractivity contribution in [3.05, 3.63) is 87.7 Å². The number of anilines is 1. The van der Waals surface area contributed by atoms with Gasteiger partial charge in [0.25, 0.3) is 11.8 Å².